The second-order valence-electron chi connectivity index (χ2n) is 9.48. The fourth-order valence-electron chi connectivity index (χ4n) is 4.46. The van der Waals surface area contributed by atoms with Crippen LogP contribution in [-0.2, 0) is 17.6 Å². The third-order valence-electron chi connectivity index (χ3n) is 6.61. The topological polar surface area (TPSA) is 112 Å². The molecule has 3 N–H and O–H groups in total. The number of aryl methyl sites for hydroxylation is 2. The van der Waals surface area contributed by atoms with Crippen LogP contribution >= 0.6 is 15.9 Å². The molecule has 2 aromatic heterocycles. The Morgan fingerprint density at radius 1 is 1.18 bits per heavy atom. The lowest BCUT2D eigenvalue weighted by Gasteiger charge is -2.25. The molecule has 0 spiro atoms. The summed E-state index contributed by atoms with van der Waals surface area (Å²) < 4.78 is 19.6. The minimum atomic E-state index is -0.949. The second kappa shape index (κ2) is 14.7. The summed E-state index contributed by atoms with van der Waals surface area (Å²) in [4.78, 5) is 27.0. The van der Waals surface area contributed by atoms with Crippen LogP contribution in [0.3, 0.4) is 0 Å². The van der Waals surface area contributed by atoms with Gasteiger partial charge in [-0.1, -0.05) is 6.07 Å². The predicted octanol–water partition coefficient (Wildman–Crippen LogP) is 4.79. The van der Waals surface area contributed by atoms with E-state index in [1.165, 1.54) is 24.0 Å². The summed E-state index contributed by atoms with van der Waals surface area (Å²) >= 11 is 3.36. The summed E-state index contributed by atoms with van der Waals surface area (Å²) in [5.74, 6) is 0.796. The number of fused-ring (bicyclic) bond motifs is 1. The van der Waals surface area contributed by atoms with Crippen LogP contribution in [0.2, 0.25) is 0 Å². The second-order valence-corrected chi connectivity index (χ2v) is 10.3. The molecule has 4 rings (SSSR count). The molecule has 0 radical (unpaired) electrons. The standard InChI is InChI=1S/C28H34BrFN6O3/c29-24-18-31-19-33-27(24)35-25(28(37)38)12-15-36(16-17-39-23-10-7-21(30)8-11-23)14-2-1-5-22-9-6-20-4-3-13-32-26(20)34-22/h6-11,18-19,25H,1-5,12-17H2,(H,32,34)(H,37,38)(H,31,33,35)/t25-/m0/s1. The molecule has 11 heteroatoms. The molecule has 1 aromatic carbocycles. The van der Waals surface area contributed by atoms with Gasteiger partial charge in [0.15, 0.2) is 0 Å². The van der Waals surface area contributed by atoms with Gasteiger partial charge in [0, 0.05) is 31.5 Å². The number of hydrogen-bond acceptors (Lipinski definition) is 8. The van der Waals surface area contributed by atoms with E-state index in [0.29, 0.717) is 42.2 Å². The van der Waals surface area contributed by atoms with Crippen LogP contribution in [-0.4, -0.2) is 69.8 Å². The maximum Gasteiger partial charge on any atom is 0.326 e. The molecule has 3 heterocycles. The molecule has 0 aliphatic carbocycles. The van der Waals surface area contributed by atoms with Crippen molar-refractivity contribution in [2.45, 2.75) is 44.6 Å². The van der Waals surface area contributed by atoms with Crippen molar-refractivity contribution in [2.75, 3.05) is 43.4 Å². The number of aromatic nitrogens is 3. The van der Waals surface area contributed by atoms with Gasteiger partial charge in [0.1, 0.15) is 42.2 Å². The lowest BCUT2D eigenvalue weighted by molar-refractivity contribution is -0.138. The summed E-state index contributed by atoms with van der Waals surface area (Å²) in [5, 5.41) is 16.2. The molecule has 9 nitrogen and oxygen atoms in total. The summed E-state index contributed by atoms with van der Waals surface area (Å²) in [6.07, 6.45) is 8.32. The van der Waals surface area contributed by atoms with E-state index >= 15 is 0 Å². The average Bonchev–Trinajstić information content (AvgIpc) is 2.94. The van der Waals surface area contributed by atoms with Gasteiger partial charge >= 0.3 is 5.97 Å². The van der Waals surface area contributed by atoms with E-state index < -0.39 is 12.0 Å². The molecule has 0 bridgehead atoms. The van der Waals surface area contributed by atoms with E-state index in [9.17, 15) is 14.3 Å². The normalized spacial score (nSPS) is 13.4. The number of halogens is 2. The zero-order valence-electron chi connectivity index (χ0n) is 21.8. The van der Waals surface area contributed by atoms with Gasteiger partial charge in [-0.05, 0) is 96.9 Å². The molecule has 39 heavy (non-hydrogen) atoms. The highest BCUT2D eigenvalue weighted by Crippen LogP contribution is 2.21. The lowest BCUT2D eigenvalue weighted by Crippen LogP contribution is -2.37. The highest BCUT2D eigenvalue weighted by atomic mass is 79.9. The Kier molecular flexibility index (Phi) is 10.8. The molecule has 0 unspecified atom stereocenters. The number of carboxylic acid groups (broad SMARTS) is 1. The number of carboxylic acids is 1. The smallest absolute Gasteiger partial charge is 0.326 e. The molecule has 0 saturated carbocycles. The van der Waals surface area contributed by atoms with Crippen LogP contribution in [0.4, 0.5) is 16.0 Å². The van der Waals surface area contributed by atoms with Crippen molar-refractivity contribution in [3.63, 3.8) is 0 Å². The van der Waals surface area contributed by atoms with Crippen LogP contribution in [0.15, 0.2) is 53.4 Å². The number of ether oxygens (including phenoxy) is 1. The summed E-state index contributed by atoms with van der Waals surface area (Å²) in [6.45, 7) is 3.34. The van der Waals surface area contributed by atoms with E-state index in [-0.39, 0.29) is 5.82 Å². The number of aliphatic carboxylic acids is 1. The summed E-state index contributed by atoms with van der Waals surface area (Å²) in [6, 6.07) is 9.42. The number of hydrogen-bond donors (Lipinski definition) is 3. The first kappa shape index (κ1) is 28.7. The number of pyridine rings is 1. The van der Waals surface area contributed by atoms with Crippen molar-refractivity contribution in [1.29, 1.82) is 0 Å². The first-order valence-corrected chi connectivity index (χ1v) is 14.1. The first-order chi connectivity index (χ1) is 19.0. The molecule has 1 aliphatic rings. The van der Waals surface area contributed by atoms with Crippen LogP contribution in [0, 0.1) is 5.82 Å². The van der Waals surface area contributed by atoms with Gasteiger partial charge in [-0.15, -0.1) is 0 Å². The van der Waals surface area contributed by atoms with E-state index in [2.05, 4.69) is 53.6 Å². The van der Waals surface area contributed by atoms with Crippen molar-refractivity contribution in [3.8, 4) is 5.75 Å². The average molecular weight is 602 g/mol. The Balaban J connectivity index is 1.30. The Bertz CT molecular complexity index is 1220. The van der Waals surface area contributed by atoms with Crippen molar-refractivity contribution in [1.82, 2.24) is 19.9 Å². The van der Waals surface area contributed by atoms with Crippen molar-refractivity contribution < 1.29 is 19.0 Å². The molecule has 0 fully saturated rings. The molecular weight excluding hydrogens is 567 g/mol. The fourth-order valence-corrected chi connectivity index (χ4v) is 4.80. The number of nitrogens with one attached hydrogen (secondary N) is 2. The van der Waals surface area contributed by atoms with Gasteiger partial charge in [-0.3, -0.25) is 4.90 Å². The van der Waals surface area contributed by atoms with Crippen molar-refractivity contribution in [3.05, 3.63) is 70.5 Å². The number of unbranched alkanes of at least 4 members (excludes halogenated alkanes) is 1. The van der Waals surface area contributed by atoms with Crippen molar-refractivity contribution >= 4 is 33.5 Å². The summed E-state index contributed by atoms with van der Waals surface area (Å²) in [5.41, 5.74) is 2.37. The lowest BCUT2D eigenvalue weighted by atomic mass is 10.1. The molecule has 3 aromatic rings. The van der Waals surface area contributed by atoms with E-state index in [1.807, 2.05) is 0 Å². The minimum absolute atomic E-state index is 0.310. The van der Waals surface area contributed by atoms with E-state index in [0.717, 1.165) is 56.7 Å². The molecular formula is C28H34BrFN6O3. The van der Waals surface area contributed by atoms with Crippen LogP contribution in [0.5, 0.6) is 5.75 Å². The minimum Gasteiger partial charge on any atom is -0.492 e. The Morgan fingerprint density at radius 2 is 2.03 bits per heavy atom. The highest BCUT2D eigenvalue weighted by molar-refractivity contribution is 9.10. The molecule has 0 saturated heterocycles. The first-order valence-electron chi connectivity index (χ1n) is 13.3. The Hall–Kier alpha value is -3.31. The highest BCUT2D eigenvalue weighted by Gasteiger charge is 2.20. The fraction of sp³-hybridized carbons (Fsp3) is 0.429. The number of anilines is 2. The monoisotopic (exact) mass is 600 g/mol. The number of benzene rings is 1. The van der Waals surface area contributed by atoms with Crippen LogP contribution in [0.25, 0.3) is 0 Å². The quantitative estimate of drug-likeness (QED) is 0.212. The largest absolute Gasteiger partial charge is 0.492 e. The third-order valence-corrected chi connectivity index (χ3v) is 7.19. The van der Waals surface area contributed by atoms with Crippen LogP contribution in [0.1, 0.15) is 36.9 Å². The number of nitrogens with zero attached hydrogens (tertiary/aromatic N) is 4. The predicted molar refractivity (Wildman–Crippen MR) is 152 cm³/mol. The van der Waals surface area contributed by atoms with E-state index in [4.69, 9.17) is 9.72 Å². The van der Waals surface area contributed by atoms with Crippen LogP contribution < -0.4 is 15.4 Å². The van der Waals surface area contributed by atoms with E-state index in [1.54, 1.807) is 18.3 Å². The molecule has 1 atom stereocenters. The molecule has 208 valence electrons. The molecule has 1 aliphatic heterocycles. The zero-order valence-corrected chi connectivity index (χ0v) is 23.4. The van der Waals surface area contributed by atoms with Crippen molar-refractivity contribution in [2.24, 2.45) is 0 Å². The maximum atomic E-state index is 13.2. The number of rotatable bonds is 15. The van der Waals surface area contributed by atoms with Gasteiger partial charge in [0.25, 0.3) is 0 Å². The maximum absolute atomic E-state index is 13.2. The SMILES string of the molecule is O=C(O)[C@H](CCN(CCCCc1ccc2c(n1)NCCC2)CCOc1ccc(F)cc1)Nc1ncncc1Br. The van der Waals surface area contributed by atoms with Gasteiger partial charge in [0.05, 0.1) is 4.47 Å². The Labute approximate surface area is 236 Å². The summed E-state index contributed by atoms with van der Waals surface area (Å²) in [7, 11) is 0. The Morgan fingerprint density at radius 3 is 2.82 bits per heavy atom. The van der Waals surface area contributed by atoms with Gasteiger partial charge in [0.2, 0.25) is 0 Å². The third kappa shape index (κ3) is 9.14. The van der Waals surface area contributed by atoms with Gasteiger partial charge < -0.3 is 20.5 Å². The zero-order chi connectivity index (χ0) is 27.5. The number of carbonyl (C=O) groups is 1. The van der Waals surface area contributed by atoms with Gasteiger partial charge in [-0.2, -0.15) is 0 Å². The molecule has 0 amide bonds. The van der Waals surface area contributed by atoms with Gasteiger partial charge in [-0.25, -0.2) is 24.1 Å².